The molecule has 26 heavy (non-hydrogen) atoms. The van der Waals surface area contributed by atoms with Crippen LogP contribution in [0.25, 0.3) is 10.8 Å². The quantitative estimate of drug-likeness (QED) is 0.724. The van der Waals surface area contributed by atoms with Crippen LogP contribution in [-0.4, -0.2) is 31.8 Å². The lowest BCUT2D eigenvalue weighted by Gasteiger charge is -2.34. The van der Waals surface area contributed by atoms with Crippen LogP contribution < -0.4 is 9.64 Å². The van der Waals surface area contributed by atoms with Crippen molar-refractivity contribution >= 4 is 16.6 Å². The van der Waals surface area contributed by atoms with E-state index in [1.54, 1.807) is 25.4 Å². The molecular weight excluding hydrogens is 326 g/mol. The van der Waals surface area contributed by atoms with E-state index >= 15 is 0 Å². The van der Waals surface area contributed by atoms with Gasteiger partial charge in [-0.1, -0.05) is 18.2 Å². The SMILES string of the molecule is COc1ccc2cc([C@H]3CN(c4ncccc4C#N)CCO3)ccc2c1. The van der Waals surface area contributed by atoms with Crippen LogP contribution in [0.3, 0.4) is 0 Å². The molecule has 0 N–H and O–H groups in total. The highest BCUT2D eigenvalue weighted by Crippen LogP contribution is 2.29. The lowest BCUT2D eigenvalue weighted by Crippen LogP contribution is -2.39. The topological polar surface area (TPSA) is 58.4 Å². The third-order valence-corrected chi connectivity index (χ3v) is 4.72. The smallest absolute Gasteiger partial charge is 0.146 e. The predicted octanol–water partition coefficient (Wildman–Crippen LogP) is 3.69. The molecule has 2 heterocycles. The molecule has 0 bridgehead atoms. The van der Waals surface area contributed by atoms with E-state index in [1.165, 1.54) is 0 Å². The van der Waals surface area contributed by atoms with Gasteiger partial charge in [0.05, 0.1) is 19.3 Å². The number of methoxy groups -OCH3 is 1. The first kappa shape index (κ1) is 16.4. The monoisotopic (exact) mass is 345 g/mol. The van der Waals surface area contributed by atoms with Crippen LogP contribution in [0.2, 0.25) is 0 Å². The first-order valence-corrected chi connectivity index (χ1v) is 8.58. The van der Waals surface area contributed by atoms with E-state index in [9.17, 15) is 5.26 Å². The summed E-state index contributed by atoms with van der Waals surface area (Å²) in [6.45, 7) is 2.01. The minimum absolute atomic E-state index is 0.0520. The first-order valence-electron chi connectivity index (χ1n) is 8.58. The van der Waals surface area contributed by atoms with Crippen LogP contribution in [0, 0.1) is 11.3 Å². The van der Waals surface area contributed by atoms with Crippen LogP contribution in [0.15, 0.2) is 54.7 Å². The number of benzene rings is 2. The minimum atomic E-state index is -0.0520. The van der Waals surface area contributed by atoms with Crippen molar-refractivity contribution < 1.29 is 9.47 Å². The highest BCUT2D eigenvalue weighted by Gasteiger charge is 2.24. The molecule has 0 aliphatic carbocycles. The largest absolute Gasteiger partial charge is 0.497 e. The minimum Gasteiger partial charge on any atom is -0.497 e. The van der Waals surface area contributed by atoms with Gasteiger partial charge in [-0.2, -0.15) is 5.26 Å². The summed E-state index contributed by atoms with van der Waals surface area (Å²) in [5.74, 6) is 1.58. The Morgan fingerprint density at radius 1 is 1.19 bits per heavy atom. The molecule has 2 aromatic carbocycles. The second-order valence-corrected chi connectivity index (χ2v) is 6.26. The van der Waals surface area contributed by atoms with Crippen LogP contribution in [-0.2, 0) is 4.74 Å². The number of morpholine rings is 1. The third-order valence-electron chi connectivity index (χ3n) is 4.72. The fourth-order valence-corrected chi connectivity index (χ4v) is 3.35. The van der Waals surface area contributed by atoms with Gasteiger partial charge in [-0.25, -0.2) is 4.98 Å². The summed E-state index contributed by atoms with van der Waals surface area (Å²) >= 11 is 0. The van der Waals surface area contributed by atoms with Crippen LogP contribution in [0.5, 0.6) is 5.75 Å². The Labute approximate surface area is 152 Å². The van der Waals surface area contributed by atoms with E-state index < -0.39 is 0 Å². The van der Waals surface area contributed by atoms with Crippen molar-refractivity contribution in [1.82, 2.24) is 4.98 Å². The van der Waals surface area contributed by atoms with Gasteiger partial charge < -0.3 is 14.4 Å². The molecule has 1 atom stereocenters. The van der Waals surface area contributed by atoms with Gasteiger partial charge in [0, 0.05) is 19.3 Å². The Morgan fingerprint density at radius 2 is 2.04 bits per heavy atom. The first-order chi connectivity index (χ1) is 12.8. The summed E-state index contributed by atoms with van der Waals surface area (Å²) in [6, 6.07) is 18.2. The van der Waals surface area contributed by atoms with Crippen LogP contribution in [0.1, 0.15) is 17.2 Å². The molecular formula is C21H19N3O2. The zero-order valence-electron chi connectivity index (χ0n) is 14.6. The molecule has 5 nitrogen and oxygen atoms in total. The number of nitriles is 1. The molecule has 0 radical (unpaired) electrons. The van der Waals surface area contributed by atoms with Gasteiger partial charge in [0.15, 0.2) is 0 Å². The Hall–Kier alpha value is -3.10. The van der Waals surface area contributed by atoms with E-state index in [-0.39, 0.29) is 6.10 Å². The molecule has 1 aliphatic rings. The lowest BCUT2D eigenvalue weighted by molar-refractivity contribution is 0.0396. The van der Waals surface area contributed by atoms with Crippen LogP contribution in [0.4, 0.5) is 5.82 Å². The molecule has 1 saturated heterocycles. The standard InChI is InChI=1S/C21H19N3O2/c1-25-19-7-6-15-11-17(5-4-16(15)12-19)20-14-24(9-10-26-20)21-18(13-22)3-2-8-23-21/h2-8,11-12,20H,9-10,14H2,1H3/t20-/m1/s1. The van der Waals surface area contributed by atoms with E-state index in [2.05, 4.69) is 40.2 Å². The van der Waals surface area contributed by atoms with Crippen molar-refractivity contribution in [2.75, 3.05) is 31.7 Å². The Bertz CT molecular complexity index is 980. The number of pyridine rings is 1. The summed E-state index contributed by atoms with van der Waals surface area (Å²) in [6.07, 6.45) is 1.67. The number of ether oxygens (including phenoxy) is 2. The van der Waals surface area contributed by atoms with E-state index in [0.29, 0.717) is 18.7 Å². The van der Waals surface area contributed by atoms with Crippen molar-refractivity contribution in [1.29, 1.82) is 5.26 Å². The van der Waals surface area contributed by atoms with Crippen molar-refractivity contribution in [3.05, 3.63) is 65.9 Å². The molecule has 3 aromatic rings. The Morgan fingerprint density at radius 3 is 2.88 bits per heavy atom. The summed E-state index contributed by atoms with van der Waals surface area (Å²) in [5, 5.41) is 11.6. The summed E-state index contributed by atoms with van der Waals surface area (Å²) in [5.41, 5.74) is 1.72. The van der Waals surface area contributed by atoms with Crippen molar-refractivity contribution in [2.24, 2.45) is 0 Å². The average molecular weight is 345 g/mol. The van der Waals surface area contributed by atoms with E-state index in [4.69, 9.17) is 9.47 Å². The second-order valence-electron chi connectivity index (χ2n) is 6.26. The van der Waals surface area contributed by atoms with Gasteiger partial charge in [0.25, 0.3) is 0 Å². The Kier molecular flexibility index (Phi) is 4.42. The zero-order valence-corrected chi connectivity index (χ0v) is 14.6. The normalized spacial score (nSPS) is 17.1. The highest BCUT2D eigenvalue weighted by atomic mass is 16.5. The molecule has 0 saturated carbocycles. The van der Waals surface area contributed by atoms with Gasteiger partial charge in [-0.05, 0) is 46.7 Å². The van der Waals surface area contributed by atoms with Gasteiger partial charge in [-0.3, -0.25) is 0 Å². The summed E-state index contributed by atoms with van der Waals surface area (Å²) < 4.78 is 11.3. The number of rotatable bonds is 3. The molecule has 0 unspecified atom stereocenters. The number of aromatic nitrogens is 1. The van der Waals surface area contributed by atoms with Gasteiger partial charge >= 0.3 is 0 Å². The average Bonchev–Trinajstić information content (AvgIpc) is 2.73. The molecule has 0 spiro atoms. The zero-order chi connectivity index (χ0) is 17.9. The summed E-state index contributed by atoms with van der Waals surface area (Å²) in [4.78, 5) is 6.53. The van der Waals surface area contributed by atoms with Crippen molar-refractivity contribution in [3.8, 4) is 11.8 Å². The fourth-order valence-electron chi connectivity index (χ4n) is 3.35. The van der Waals surface area contributed by atoms with E-state index in [1.807, 2.05) is 12.1 Å². The van der Waals surface area contributed by atoms with Gasteiger partial charge in [0.2, 0.25) is 0 Å². The molecule has 0 amide bonds. The highest BCUT2D eigenvalue weighted by molar-refractivity contribution is 5.84. The number of anilines is 1. The predicted molar refractivity (Wildman–Crippen MR) is 100 cm³/mol. The number of nitrogens with zero attached hydrogens (tertiary/aromatic N) is 3. The maximum absolute atomic E-state index is 9.33. The molecule has 130 valence electrons. The molecule has 1 aromatic heterocycles. The Balaban J connectivity index is 1.61. The molecule has 4 rings (SSSR count). The van der Waals surface area contributed by atoms with E-state index in [0.717, 1.165) is 34.4 Å². The maximum atomic E-state index is 9.33. The van der Waals surface area contributed by atoms with Crippen molar-refractivity contribution in [2.45, 2.75) is 6.10 Å². The van der Waals surface area contributed by atoms with Gasteiger partial charge in [0.1, 0.15) is 23.7 Å². The third kappa shape index (κ3) is 3.07. The molecule has 1 aliphatic heterocycles. The maximum Gasteiger partial charge on any atom is 0.146 e. The molecule has 1 fully saturated rings. The lowest BCUT2D eigenvalue weighted by atomic mass is 10.0. The number of hydrogen-bond donors (Lipinski definition) is 0. The summed E-state index contributed by atoms with van der Waals surface area (Å²) in [7, 11) is 1.67. The second kappa shape index (κ2) is 7.03. The fraction of sp³-hybridized carbons (Fsp3) is 0.238. The van der Waals surface area contributed by atoms with Gasteiger partial charge in [-0.15, -0.1) is 0 Å². The van der Waals surface area contributed by atoms with Crippen molar-refractivity contribution in [3.63, 3.8) is 0 Å². The number of fused-ring (bicyclic) bond motifs is 1. The molecule has 5 heteroatoms. The number of hydrogen-bond acceptors (Lipinski definition) is 5. The van der Waals surface area contributed by atoms with Crippen LogP contribution >= 0.6 is 0 Å².